The van der Waals surface area contributed by atoms with Crippen molar-refractivity contribution in [3.05, 3.63) is 11.6 Å². The van der Waals surface area contributed by atoms with Crippen LogP contribution in [0, 0.1) is 0 Å². The van der Waals surface area contributed by atoms with E-state index in [0.29, 0.717) is 18.8 Å². The molecule has 3 heteroatoms. The smallest absolute Gasteiger partial charge is 0.246 e. The van der Waals surface area contributed by atoms with Crippen molar-refractivity contribution in [2.75, 3.05) is 13.2 Å². The third-order valence-corrected chi connectivity index (χ3v) is 1.02. The average Bonchev–Trinajstić information content (AvgIpc) is 2.12. The fraction of sp³-hybridized carbons (Fsp3) is 0.400. The summed E-state index contributed by atoms with van der Waals surface area (Å²) in [5.74, 6) is -0.373. The van der Waals surface area contributed by atoms with Crippen molar-refractivity contribution in [2.24, 2.45) is 5.73 Å². The van der Waals surface area contributed by atoms with Gasteiger partial charge in [0.15, 0.2) is 0 Å². The summed E-state index contributed by atoms with van der Waals surface area (Å²) in [5, 5.41) is 0. The molecule has 8 heavy (non-hydrogen) atoms. The van der Waals surface area contributed by atoms with Gasteiger partial charge >= 0.3 is 0 Å². The van der Waals surface area contributed by atoms with Gasteiger partial charge in [-0.2, -0.15) is 0 Å². The average molecular weight is 113 g/mol. The minimum atomic E-state index is -0.373. The number of carbonyl (C=O) groups is 1. The highest BCUT2D eigenvalue weighted by molar-refractivity contribution is 5.92. The van der Waals surface area contributed by atoms with Crippen molar-refractivity contribution in [1.29, 1.82) is 0 Å². The van der Waals surface area contributed by atoms with Crippen molar-refractivity contribution in [2.45, 2.75) is 0 Å². The van der Waals surface area contributed by atoms with Crippen LogP contribution in [0.2, 0.25) is 0 Å². The third kappa shape index (κ3) is 0.869. The number of carbonyl (C=O) groups excluding carboxylic acids is 1. The van der Waals surface area contributed by atoms with E-state index in [1.165, 1.54) is 0 Å². The second-order valence-corrected chi connectivity index (χ2v) is 1.61. The number of rotatable bonds is 1. The fourth-order valence-electron chi connectivity index (χ4n) is 0.559. The van der Waals surface area contributed by atoms with Crippen LogP contribution < -0.4 is 5.73 Å². The van der Waals surface area contributed by atoms with E-state index in [0.717, 1.165) is 0 Å². The summed E-state index contributed by atoms with van der Waals surface area (Å²) in [6.45, 7) is 0.910. The van der Waals surface area contributed by atoms with Gasteiger partial charge in [-0.1, -0.05) is 0 Å². The van der Waals surface area contributed by atoms with Gasteiger partial charge in [-0.25, -0.2) is 0 Å². The zero-order valence-corrected chi connectivity index (χ0v) is 4.39. The molecule has 3 nitrogen and oxygen atoms in total. The molecule has 1 heterocycles. The molecule has 0 aromatic heterocycles. The maximum Gasteiger partial charge on any atom is 0.246 e. The molecule has 0 spiro atoms. The Labute approximate surface area is 47.1 Å². The summed E-state index contributed by atoms with van der Waals surface area (Å²) in [6.07, 6.45) is 1.70. The van der Waals surface area contributed by atoms with Crippen LogP contribution in [0.5, 0.6) is 0 Å². The molecule has 0 bridgehead atoms. The molecule has 0 saturated carbocycles. The Morgan fingerprint density at radius 1 is 1.88 bits per heavy atom. The van der Waals surface area contributed by atoms with E-state index in [-0.39, 0.29) is 5.91 Å². The highest BCUT2D eigenvalue weighted by atomic mass is 16.5. The SMILES string of the molecule is NC(=O)C1=CCOC1. The third-order valence-electron chi connectivity index (χ3n) is 1.02. The summed E-state index contributed by atoms with van der Waals surface area (Å²) in [4.78, 5) is 10.3. The van der Waals surface area contributed by atoms with Crippen LogP contribution in [0.25, 0.3) is 0 Å². The first kappa shape index (κ1) is 5.31. The quantitative estimate of drug-likeness (QED) is 0.495. The van der Waals surface area contributed by atoms with E-state index >= 15 is 0 Å². The Morgan fingerprint density at radius 3 is 2.88 bits per heavy atom. The number of nitrogens with two attached hydrogens (primary N) is 1. The lowest BCUT2D eigenvalue weighted by Crippen LogP contribution is -2.14. The van der Waals surface area contributed by atoms with E-state index < -0.39 is 0 Å². The molecule has 2 N–H and O–H groups in total. The monoisotopic (exact) mass is 113 g/mol. The Bertz CT molecular complexity index is 139. The number of ether oxygens (including phenoxy) is 1. The molecule has 1 aliphatic rings. The van der Waals surface area contributed by atoms with Crippen molar-refractivity contribution < 1.29 is 9.53 Å². The van der Waals surface area contributed by atoms with Crippen molar-refractivity contribution in [3.63, 3.8) is 0 Å². The summed E-state index contributed by atoms with van der Waals surface area (Å²) in [7, 11) is 0. The summed E-state index contributed by atoms with van der Waals surface area (Å²) in [5.41, 5.74) is 5.50. The molecule has 0 atom stereocenters. The topological polar surface area (TPSA) is 52.3 Å². The van der Waals surface area contributed by atoms with E-state index in [4.69, 9.17) is 10.5 Å². The van der Waals surface area contributed by atoms with Crippen molar-refractivity contribution in [3.8, 4) is 0 Å². The lowest BCUT2D eigenvalue weighted by molar-refractivity contribution is -0.114. The van der Waals surface area contributed by atoms with Gasteiger partial charge in [0, 0.05) is 5.57 Å². The molecule has 0 saturated heterocycles. The van der Waals surface area contributed by atoms with E-state index in [1.54, 1.807) is 6.08 Å². The van der Waals surface area contributed by atoms with Crippen LogP contribution >= 0.6 is 0 Å². The minimum absolute atomic E-state index is 0.373. The lowest BCUT2D eigenvalue weighted by atomic mass is 10.3. The predicted octanol–water partition coefficient (Wildman–Crippen LogP) is -0.572. The number of hydrogen-bond acceptors (Lipinski definition) is 2. The number of hydrogen-bond donors (Lipinski definition) is 1. The van der Waals surface area contributed by atoms with Crippen LogP contribution in [0.1, 0.15) is 0 Å². The molecular weight excluding hydrogens is 106 g/mol. The second kappa shape index (κ2) is 1.96. The molecule has 44 valence electrons. The highest BCUT2D eigenvalue weighted by Crippen LogP contribution is 2.01. The first-order valence-corrected chi connectivity index (χ1v) is 2.37. The standard InChI is InChI=1S/C5H7NO2/c6-5(7)4-1-2-8-3-4/h1H,2-3H2,(H2,6,7). The first-order chi connectivity index (χ1) is 3.80. The van der Waals surface area contributed by atoms with Gasteiger partial charge in [0.05, 0.1) is 13.2 Å². The fourth-order valence-corrected chi connectivity index (χ4v) is 0.559. The summed E-state index contributed by atoms with van der Waals surface area (Å²) < 4.78 is 4.82. The molecule has 1 rings (SSSR count). The Morgan fingerprint density at radius 2 is 2.62 bits per heavy atom. The molecule has 0 fully saturated rings. The molecule has 0 unspecified atom stereocenters. The van der Waals surface area contributed by atoms with Crippen LogP contribution in [0.4, 0.5) is 0 Å². The van der Waals surface area contributed by atoms with Crippen LogP contribution in [0.3, 0.4) is 0 Å². The second-order valence-electron chi connectivity index (χ2n) is 1.61. The maximum atomic E-state index is 10.3. The van der Waals surface area contributed by atoms with Gasteiger partial charge in [0.1, 0.15) is 0 Å². The van der Waals surface area contributed by atoms with Crippen molar-refractivity contribution >= 4 is 5.91 Å². The highest BCUT2D eigenvalue weighted by Gasteiger charge is 2.08. The van der Waals surface area contributed by atoms with E-state index in [1.807, 2.05) is 0 Å². The molecule has 0 radical (unpaired) electrons. The lowest BCUT2D eigenvalue weighted by Gasteiger charge is -1.89. The zero-order valence-electron chi connectivity index (χ0n) is 4.39. The largest absolute Gasteiger partial charge is 0.372 e. The summed E-state index contributed by atoms with van der Waals surface area (Å²) >= 11 is 0. The Hall–Kier alpha value is -0.830. The number of amides is 1. The molecule has 0 aliphatic carbocycles. The molecular formula is C5H7NO2. The predicted molar refractivity (Wildman–Crippen MR) is 28.1 cm³/mol. The normalized spacial score (nSPS) is 18.2. The number of primary amides is 1. The van der Waals surface area contributed by atoms with Crippen LogP contribution in [0.15, 0.2) is 11.6 Å². The van der Waals surface area contributed by atoms with Gasteiger partial charge in [-0.3, -0.25) is 4.79 Å². The zero-order chi connectivity index (χ0) is 5.98. The molecule has 1 amide bonds. The maximum absolute atomic E-state index is 10.3. The van der Waals surface area contributed by atoms with Crippen molar-refractivity contribution in [1.82, 2.24) is 0 Å². The Balaban J connectivity index is 2.57. The van der Waals surface area contributed by atoms with Gasteiger partial charge in [-0.05, 0) is 6.08 Å². The first-order valence-electron chi connectivity index (χ1n) is 2.37. The van der Waals surface area contributed by atoms with E-state index in [2.05, 4.69) is 0 Å². The van der Waals surface area contributed by atoms with Crippen LogP contribution in [-0.4, -0.2) is 19.1 Å². The van der Waals surface area contributed by atoms with Gasteiger partial charge in [0.2, 0.25) is 5.91 Å². The summed E-state index contributed by atoms with van der Waals surface area (Å²) in [6, 6.07) is 0. The Kier molecular flexibility index (Phi) is 1.30. The van der Waals surface area contributed by atoms with Gasteiger partial charge in [0.25, 0.3) is 0 Å². The van der Waals surface area contributed by atoms with E-state index in [9.17, 15) is 4.79 Å². The molecule has 0 aromatic carbocycles. The minimum Gasteiger partial charge on any atom is -0.372 e. The van der Waals surface area contributed by atoms with Gasteiger partial charge in [-0.15, -0.1) is 0 Å². The van der Waals surface area contributed by atoms with Crippen LogP contribution in [-0.2, 0) is 9.53 Å². The molecule has 1 aliphatic heterocycles. The van der Waals surface area contributed by atoms with Gasteiger partial charge < -0.3 is 10.5 Å². The molecule has 0 aromatic rings.